The molecule has 6 nitrogen and oxygen atoms in total. The highest BCUT2D eigenvalue weighted by Crippen LogP contribution is 2.14. The Balaban J connectivity index is 2.23. The van der Waals surface area contributed by atoms with Gasteiger partial charge in [-0.2, -0.15) is 5.10 Å². The highest BCUT2D eigenvalue weighted by Gasteiger charge is 2.28. The molecule has 3 N–H and O–H groups in total. The topological polar surface area (TPSA) is 76.2 Å². The second kappa shape index (κ2) is 5.49. The number of carbonyl (C=O) groups excluding carboxylic acids is 1. The SMILES string of the molecule is CCc1nn(C)cc1C(=O)N1CCNCC1CN. The Kier molecular flexibility index (Phi) is 3.98. The van der Waals surface area contributed by atoms with Gasteiger partial charge in [-0.25, -0.2) is 0 Å². The summed E-state index contributed by atoms with van der Waals surface area (Å²) in [5, 5.41) is 7.58. The summed E-state index contributed by atoms with van der Waals surface area (Å²) in [5.74, 6) is 0.0527. The number of amides is 1. The Bertz CT molecular complexity index is 428. The summed E-state index contributed by atoms with van der Waals surface area (Å²) < 4.78 is 1.70. The molecule has 0 spiro atoms. The van der Waals surface area contributed by atoms with Crippen LogP contribution in [0.2, 0.25) is 0 Å². The number of piperazine rings is 1. The Labute approximate surface area is 107 Å². The van der Waals surface area contributed by atoms with E-state index in [2.05, 4.69) is 10.4 Å². The van der Waals surface area contributed by atoms with Gasteiger partial charge < -0.3 is 16.0 Å². The van der Waals surface area contributed by atoms with Crippen molar-refractivity contribution in [2.45, 2.75) is 19.4 Å². The van der Waals surface area contributed by atoms with E-state index in [-0.39, 0.29) is 11.9 Å². The van der Waals surface area contributed by atoms with Crippen LogP contribution in [-0.2, 0) is 13.5 Å². The molecule has 1 aliphatic heterocycles. The number of nitrogens with one attached hydrogen (secondary N) is 1. The maximum Gasteiger partial charge on any atom is 0.257 e. The number of aryl methyl sites for hydroxylation is 2. The molecule has 1 aliphatic rings. The van der Waals surface area contributed by atoms with Crippen LogP contribution in [0.3, 0.4) is 0 Å². The van der Waals surface area contributed by atoms with Crippen molar-refractivity contribution in [3.63, 3.8) is 0 Å². The first kappa shape index (κ1) is 13.0. The molecule has 1 fully saturated rings. The second-order valence-electron chi connectivity index (χ2n) is 4.61. The molecule has 0 aromatic carbocycles. The molecule has 1 amide bonds. The number of hydrogen-bond donors (Lipinski definition) is 2. The van der Waals surface area contributed by atoms with Crippen molar-refractivity contribution in [2.75, 3.05) is 26.2 Å². The van der Waals surface area contributed by atoms with Crippen LogP contribution in [0.15, 0.2) is 6.20 Å². The minimum absolute atomic E-state index is 0.0527. The fourth-order valence-electron chi connectivity index (χ4n) is 2.37. The van der Waals surface area contributed by atoms with Gasteiger partial charge in [-0.3, -0.25) is 9.48 Å². The summed E-state index contributed by atoms with van der Waals surface area (Å²) in [7, 11) is 1.84. The number of rotatable bonds is 3. The fourth-order valence-corrected chi connectivity index (χ4v) is 2.37. The standard InChI is InChI=1S/C12H21N5O/c1-3-11-10(8-16(2)15-11)12(18)17-5-4-14-7-9(17)6-13/h8-9,14H,3-7,13H2,1-2H3. The first-order valence-corrected chi connectivity index (χ1v) is 6.41. The van der Waals surface area contributed by atoms with Crippen LogP contribution in [-0.4, -0.2) is 52.8 Å². The lowest BCUT2D eigenvalue weighted by Gasteiger charge is -2.35. The molecule has 0 saturated carbocycles. The predicted molar refractivity (Wildman–Crippen MR) is 69.3 cm³/mol. The third kappa shape index (κ3) is 2.39. The molecule has 2 heterocycles. The lowest BCUT2D eigenvalue weighted by Crippen LogP contribution is -2.56. The van der Waals surface area contributed by atoms with Gasteiger partial charge in [0, 0.05) is 39.4 Å². The summed E-state index contributed by atoms with van der Waals surface area (Å²) in [4.78, 5) is 14.4. The average molecular weight is 251 g/mol. The molecule has 2 rings (SSSR count). The normalized spacial score (nSPS) is 20.2. The molecule has 1 aromatic heterocycles. The van der Waals surface area contributed by atoms with Crippen molar-refractivity contribution >= 4 is 5.91 Å². The molecule has 6 heteroatoms. The molecule has 1 atom stereocenters. The van der Waals surface area contributed by atoms with Crippen molar-refractivity contribution in [2.24, 2.45) is 12.8 Å². The first-order valence-electron chi connectivity index (χ1n) is 6.41. The second-order valence-corrected chi connectivity index (χ2v) is 4.61. The van der Waals surface area contributed by atoms with E-state index >= 15 is 0 Å². The van der Waals surface area contributed by atoms with Crippen molar-refractivity contribution in [1.29, 1.82) is 0 Å². The lowest BCUT2D eigenvalue weighted by molar-refractivity contribution is 0.0643. The van der Waals surface area contributed by atoms with E-state index in [0.717, 1.165) is 25.2 Å². The lowest BCUT2D eigenvalue weighted by atomic mass is 10.1. The van der Waals surface area contributed by atoms with Crippen LogP contribution in [0.5, 0.6) is 0 Å². The quantitative estimate of drug-likeness (QED) is 0.749. The van der Waals surface area contributed by atoms with Gasteiger partial charge in [0.05, 0.1) is 17.3 Å². The van der Waals surface area contributed by atoms with Gasteiger partial charge >= 0.3 is 0 Å². The highest BCUT2D eigenvalue weighted by atomic mass is 16.2. The molecule has 0 aliphatic carbocycles. The van der Waals surface area contributed by atoms with Crippen LogP contribution < -0.4 is 11.1 Å². The Morgan fingerprint density at radius 1 is 1.67 bits per heavy atom. The maximum absolute atomic E-state index is 12.6. The summed E-state index contributed by atoms with van der Waals surface area (Å²) in [6, 6.07) is 0.0798. The Morgan fingerprint density at radius 3 is 3.11 bits per heavy atom. The van der Waals surface area contributed by atoms with Gasteiger partial charge in [0.2, 0.25) is 0 Å². The third-order valence-electron chi connectivity index (χ3n) is 3.35. The zero-order chi connectivity index (χ0) is 13.1. The minimum Gasteiger partial charge on any atom is -0.332 e. The zero-order valence-electron chi connectivity index (χ0n) is 11.0. The smallest absolute Gasteiger partial charge is 0.257 e. The minimum atomic E-state index is 0.0527. The maximum atomic E-state index is 12.6. The van der Waals surface area contributed by atoms with E-state index < -0.39 is 0 Å². The molecular formula is C12H21N5O. The van der Waals surface area contributed by atoms with Gasteiger partial charge in [0.1, 0.15) is 0 Å². The van der Waals surface area contributed by atoms with Gasteiger partial charge in [-0.1, -0.05) is 6.92 Å². The van der Waals surface area contributed by atoms with Gasteiger partial charge in [-0.05, 0) is 6.42 Å². The molecule has 1 saturated heterocycles. The molecule has 100 valence electrons. The summed E-state index contributed by atoms with van der Waals surface area (Å²) >= 11 is 0. The number of hydrogen-bond acceptors (Lipinski definition) is 4. The number of aromatic nitrogens is 2. The van der Waals surface area contributed by atoms with Crippen LogP contribution >= 0.6 is 0 Å². The third-order valence-corrected chi connectivity index (χ3v) is 3.35. The van der Waals surface area contributed by atoms with E-state index in [0.29, 0.717) is 18.7 Å². The highest BCUT2D eigenvalue weighted by molar-refractivity contribution is 5.95. The molecule has 1 aromatic rings. The van der Waals surface area contributed by atoms with Crippen molar-refractivity contribution < 1.29 is 4.79 Å². The number of carbonyl (C=O) groups is 1. The largest absolute Gasteiger partial charge is 0.332 e. The van der Waals surface area contributed by atoms with E-state index in [1.165, 1.54) is 0 Å². The van der Waals surface area contributed by atoms with E-state index in [1.54, 1.807) is 10.9 Å². The number of nitrogens with zero attached hydrogens (tertiary/aromatic N) is 3. The summed E-state index contributed by atoms with van der Waals surface area (Å²) in [6.07, 6.45) is 2.57. The summed E-state index contributed by atoms with van der Waals surface area (Å²) in [6.45, 7) is 4.80. The number of nitrogens with two attached hydrogens (primary N) is 1. The molecular weight excluding hydrogens is 230 g/mol. The Morgan fingerprint density at radius 2 is 2.44 bits per heavy atom. The van der Waals surface area contributed by atoms with Crippen LogP contribution in [0.25, 0.3) is 0 Å². The molecule has 1 unspecified atom stereocenters. The van der Waals surface area contributed by atoms with Gasteiger partial charge in [-0.15, -0.1) is 0 Å². The van der Waals surface area contributed by atoms with Crippen LogP contribution in [0.4, 0.5) is 0 Å². The van der Waals surface area contributed by atoms with E-state index in [9.17, 15) is 4.79 Å². The summed E-state index contributed by atoms with van der Waals surface area (Å²) in [5.41, 5.74) is 7.30. The van der Waals surface area contributed by atoms with Gasteiger partial charge in [0.25, 0.3) is 5.91 Å². The van der Waals surface area contributed by atoms with Gasteiger partial charge in [0.15, 0.2) is 0 Å². The van der Waals surface area contributed by atoms with Crippen LogP contribution in [0.1, 0.15) is 23.0 Å². The van der Waals surface area contributed by atoms with Crippen molar-refractivity contribution in [3.05, 3.63) is 17.5 Å². The fraction of sp³-hybridized carbons (Fsp3) is 0.667. The average Bonchev–Trinajstić information content (AvgIpc) is 2.79. The van der Waals surface area contributed by atoms with E-state index in [4.69, 9.17) is 5.73 Å². The zero-order valence-corrected chi connectivity index (χ0v) is 11.0. The first-order chi connectivity index (χ1) is 8.67. The monoisotopic (exact) mass is 251 g/mol. The molecule has 0 radical (unpaired) electrons. The molecule has 0 bridgehead atoms. The van der Waals surface area contributed by atoms with E-state index in [1.807, 2.05) is 18.9 Å². The molecule has 18 heavy (non-hydrogen) atoms. The van der Waals surface area contributed by atoms with Crippen molar-refractivity contribution in [1.82, 2.24) is 20.0 Å². The van der Waals surface area contributed by atoms with Crippen LogP contribution in [0, 0.1) is 0 Å². The van der Waals surface area contributed by atoms with Crippen molar-refractivity contribution in [3.8, 4) is 0 Å². The predicted octanol–water partition coefficient (Wildman–Crippen LogP) is -0.645. The Hall–Kier alpha value is -1.40.